The Bertz CT molecular complexity index is 142. The van der Waals surface area contributed by atoms with E-state index in [2.05, 4.69) is 4.98 Å². The van der Waals surface area contributed by atoms with E-state index in [-0.39, 0.29) is 0 Å². The number of aromatic amines is 1. The minimum Gasteiger partial charge on any atom is -0.385 e. The molecule has 0 aliphatic rings. The number of nitrogen functional groups attached to an aromatic ring is 1. The Hall–Kier alpha value is -0.630. The highest BCUT2D eigenvalue weighted by Crippen LogP contribution is 2.09. The van der Waals surface area contributed by atoms with Crippen molar-refractivity contribution in [1.29, 1.82) is 0 Å². The number of anilines is 1. The molecule has 1 heterocycles. The zero-order valence-electron chi connectivity index (χ0n) is 3.61. The van der Waals surface area contributed by atoms with E-state index in [9.17, 15) is 0 Å². The van der Waals surface area contributed by atoms with Gasteiger partial charge in [0.2, 0.25) is 0 Å². The minimum atomic E-state index is 0.602. The molecular formula is C4H5ClN2. The van der Waals surface area contributed by atoms with Crippen molar-refractivity contribution in [2.45, 2.75) is 0 Å². The molecule has 0 saturated carbocycles. The molecule has 0 radical (unpaired) electrons. The second kappa shape index (κ2) is 1.46. The van der Waals surface area contributed by atoms with Gasteiger partial charge in [0.05, 0.1) is 5.02 Å². The van der Waals surface area contributed by atoms with Crippen LogP contribution in [0.4, 0.5) is 5.82 Å². The average Bonchev–Trinajstić information content (AvgIpc) is 1.87. The quantitative estimate of drug-likeness (QED) is 0.526. The third-order valence-corrected chi connectivity index (χ3v) is 0.888. The molecule has 1 aromatic heterocycles. The van der Waals surface area contributed by atoms with Crippen molar-refractivity contribution >= 4 is 17.4 Å². The van der Waals surface area contributed by atoms with E-state index in [0.29, 0.717) is 10.8 Å². The van der Waals surface area contributed by atoms with Gasteiger partial charge in [0.25, 0.3) is 0 Å². The van der Waals surface area contributed by atoms with Crippen LogP contribution in [0, 0.1) is 0 Å². The molecule has 0 unspecified atom stereocenters. The summed E-state index contributed by atoms with van der Waals surface area (Å²) in [6, 6.07) is 1.65. The van der Waals surface area contributed by atoms with Gasteiger partial charge >= 0.3 is 0 Å². The van der Waals surface area contributed by atoms with Crippen LogP contribution in [0.2, 0.25) is 5.02 Å². The third kappa shape index (κ3) is 0.871. The van der Waals surface area contributed by atoms with Gasteiger partial charge in [0, 0.05) is 6.20 Å². The molecule has 0 amide bonds. The van der Waals surface area contributed by atoms with Crippen LogP contribution >= 0.6 is 11.6 Å². The first-order chi connectivity index (χ1) is 3.29. The summed E-state index contributed by atoms with van der Waals surface area (Å²) in [6.45, 7) is 0. The molecule has 38 valence electrons. The summed E-state index contributed by atoms with van der Waals surface area (Å²) in [5, 5.41) is 0.650. The zero-order valence-corrected chi connectivity index (χ0v) is 4.37. The number of hydrogen-bond donors (Lipinski definition) is 2. The Morgan fingerprint density at radius 2 is 2.43 bits per heavy atom. The first-order valence-electron chi connectivity index (χ1n) is 1.88. The minimum absolute atomic E-state index is 0.602. The van der Waals surface area contributed by atoms with Gasteiger partial charge in [-0.2, -0.15) is 0 Å². The number of nitrogens with two attached hydrogens (primary N) is 1. The number of hydrogen-bond acceptors (Lipinski definition) is 1. The third-order valence-electron chi connectivity index (χ3n) is 0.670. The van der Waals surface area contributed by atoms with Crippen molar-refractivity contribution in [3.63, 3.8) is 0 Å². The van der Waals surface area contributed by atoms with Crippen LogP contribution in [-0.2, 0) is 0 Å². The van der Waals surface area contributed by atoms with Crippen molar-refractivity contribution < 1.29 is 0 Å². The second-order valence-corrected chi connectivity index (χ2v) is 1.71. The summed E-state index contributed by atoms with van der Waals surface area (Å²) in [5.74, 6) is 0.602. The smallest absolute Gasteiger partial charge is 0.102 e. The van der Waals surface area contributed by atoms with Gasteiger partial charge in [0.15, 0.2) is 0 Å². The maximum atomic E-state index is 5.45. The SMILES string of the molecule is Nc1cc(Cl)c[nH]1. The van der Waals surface area contributed by atoms with Gasteiger partial charge in [-0.05, 0) is 6.07 Å². The Labute approximate surface area is 46.3 Å². The molecule has 0 bridgehead atoms. The van der Waals surface area contributed by atoms with Crippen LogP contribution in [-0.4, -0.2) is 4.98 Å². The predicted molar refractivity (Wildman–Crippen MR) is 30.2 cm³/mol. The molecule has 7 heavy (non-hydrogen) atoms. The Kier molecular flexibility index (Phi) is 0.947. The molecule has 0 aromatic carbocycles. The monoisotopic (exact) mass is 116 g/mol. The molecule has 1 aromatic rings. The van der Waals surface area contributed by atoms with Crippen molar-refractivity contribution in [2.24, 2.45) is 0 Å². The highest BCUT2D eigenvalue weighted by Gasteiger charge is 1.85. The lowest BCUT2D eigenvalue weighted by molar-refractivity contribution is 1.42. The molecule has 0 spiro atoms. The molecule has 0 fully saturated rings. The number of aromatic nitrogens is 1. The van der Waals surface area contributed by atoms with Gasteiger partial charge in [-0.15, -0.1) is 0 Å². The van der Waals surface area contributed by atoms with E-state index in [4.69, 9.17) is 17.3 Å². The molecule has 3 N–H and O–H groups in total. The highest BCUT2D eigenvalue weighted by atomic mass is 35.5. The van der Waals surface area contributed by atoms with Crippen LogP contribution < -0.4 is 5.73 Å². The zero-order chi connectivity index (χ0) is 5.28. The maximum Gasteiger partial charge on any atom is 0.102 e. The standard InChI is InChI=1S/C4H5ClN2/c5-3-1-4(6)7-2-3/h1-2,7H,6H2. The van der Waals surface area contributed by atoms with E-state index in [1.807, 2.05) is 0 Å². The lowest BCUT2D eigenvalue weighted by atomic mass is 10.6. The van der Waals surface area contributed by atoms with Gasteiger partial charge in [-0.3, -0.25) is 0 Å². The van der Waals surface area contributed by atoms with Crippen molar-refractivity contribution in [2.75, 3.05) is 5.73 Å². The van der Waals surface area contributed by atoms with E-state index in [0.717, 1.165) is 0 Å². The maximum absolute atomic E-state index is 5.45. The first kappa shape index (κ1) is 4.53. The highest BCUT2D eigenvalue weighted by molar-refractivity contribution is 6.30. The van der Waals surface area contributed by atoms with Crippen LogP contribution in [0.1, 0.15) is 0 Å². The number of rotatable bonds is 0. The van der Waals surface area contributed by atoms with Crippen LogP contribution in [0.5, 0.6) is 0 Å². The van der Waals surface area contributed by atoms with Gasteiger partial charge < -0.3 is 10.7 Å². The number of H-pyrrole nitrogens is 1. The average molecular weight is 117 g/mol. The fraction of sp³-hybridized carbons (Fsp3) is 0. The summed E-state index contributed by atoms with van der Waals surface area (Å²) in [7, 11) is 0. The van der Waals surface area contributed by atoms with E-state index >= 15 is 0 Å². The predicted octanol–water partition coefficient (Wildman–Crippen LogP) is 1.25. The fourth-order valence-electron chi connectivity index (χ4n) is 0.384. The summed E-state index contributed by atoms with van der Waals surface area (Å²) < 4.78 is 0. The molecule has 0 saturated heterocycles. The largest absolute Gasteiger partial charge is 0.385 e. The summed E-state index contributed by atoms with van der Waals surface area (Å²) >= 11 is 5.45. The van der Waals surface area contributed by atoms with E-state index < -0.39 is 0 Å². The van der Waals surface area contributed by atoms with Crippen LogP contribution in [0.25, 0.3) is 0 Å². The van der Waals surface area contributed by atoms with Crippen molar-refractivity contribution in [3.8, 4) is 0 Å². The summed E-state index contributed by atoms with van der Waals surface area (Å²) in [4.78, 5) is 2.71. The lowest BCUT2D eigenvalue weighted by Crippen LogP contribution is -1.79. The van der Waals surface area contributed by atoms with Gasteiger partial charge in [-0.1, -0.05) is 11.6 Å². The van der Waals surface area contributed by atoms with Crippen molar-refractivity contribution in [1.82, 2.24) is 4.98 Å². The molecular weight excluding hydrogens is 112 g/mol. The van der Waals surface area contributed by atoms with Crippen molar-refractivity contribution in [3.05, 3.63) is 17.3 Å². The number of halogens is 1. The Balaban J connectivity index is 3.04. The van der Waals surface area contributed by atoms with Crippen LogP contribution in [0.3, 0.4) is 0 Å². The fourth-order valence-corrected chi connectivity index (χ4v) is 0.556. The summed E-state index contributed by atoms with van der Waals surface area (Å²) in [6.07, 6.45) is 1.64. The van der Waals surface area contributed by atoms with Gasteiger partial charge in [-0.25, -0.2) is 0 Å². The second-order valence-electron chi connectivity index (χ2n) is 1.27. The van der Waals surface area contributed by atoms with Gasteiger partial charge in [0.1, 0.15) is 5.82 Å². The molecule has 0 atom stereocenters. The molecule has 0 aliphatic carbocycles. The topological polar surface area (TPSA) is 41.8 Å². The van der Waals surface area contributed by atoms with E-state index in [1.54, 1.807) is 12.3 Å². The molecule has 2 nitrogen and oxygen atoms in total. The first-order valence-corrected chi connectivity index (χ1v) is 2.26. The summed E-state index contributed by atoms with van der Waals surface area (Å²) in [5.41, 5.74) is 5.24. The molecule has 0 aliphatic heterocycles. The Morgan fingerprint density at radius 1 is 1.71 bits per heavy atom. The number of nitrogens with one attached hydrogen (secondary N) is 1. The molecule has 1 rings (SSSR count). The Morgan fingerprint density at radius 3 is 2.57 bits per heavy atom. The van der Waals surface area contributed by atoms with E-state index in [1.165, 1.54) is 0 Å². The normalized spacial score (nSPS) is 9.29. The van der Waals surface area contributed by atoms with Crippen LogP contribution in [0.15, 0.2) is 12.3 Å². The lowest BCUT2D eigenvalue weighted by Gasteiger charge is -1.72. The molecule has 3 heteroatoms.